The Bertz CT molecular complexity index is 822. The van der Waals surface area contributed by atoms with Crippen molar-refractivity contribution in [1.29, 1.82) is 0 Å². The molecule has 0 amide bonds. The van der Waals surface area contributed by atoms with Gasteiger partial charge in [0, 0.05) is 37.7 Å². The Morgan fingerprint density at radius 1 is 1.25 bits per heavy atom. The number of aryl methyl sites for hydroxylation is 1. The number of aromatic nitrogens is 1. The normalized spacial score (nSPS) is 10.9. The third-order valence-electron chi connectivity index (χ3n) is 3.33. The lowest BCUT2D eigenvalue weighted by Gasteiger charge is -2.03. The smallest absolute Gasteiger partial charge is 0.195 e. The molecule has 0 unspecified atom stereocenters. The van der Waals surface area contributed by atoms with E-state index in [0.29, 0.717) is 16.1 Å². The Morgan fingerprint density at radius 3 is 2.80 bits per heavy atom. The monoisotopic (exact) mass is 347 g/mol. The molecular weight excluding hydrogens is 338 g/mol. The van der Waals surface area contributed by atoms with Gasteiger partial charge in [-0.25, -0.2) is 0 Å². The maximum Gasteiger partial charge on any atom is 0.195 e. The molecule has 1 heterocycles. The van der Waals surface area contributed by atoms with Crippen molar-refractivity contribution in [3.8, 4) is 0 Å². The van der Waals surface area contributed by atoms with Crippen molar-refractivity contribution in [2.24, 2.45) is 0 Å². The van der Waals surface area contributed by atoms with Gasteiger partial charge in [-0.15, -0.1) is 0 Å². The number of aromatic amines is 1. The first-order valence-electron chi connectivity index (χ1n) is 6.14. The summed E-state index contributed by atoms with van der Waals surface area (Å²) < 4.78 is 0.901. The molecule has 2 aromatic carbocycles. The zero-order valence-corrected chi connectivity index (χ0v) is 13.0. The van der Waals surface area contributed by atoms with Gasteiger partial charge in [-0.1, -0.05) is 45.7 Å². The number of halogens is 2. The first-order chi connectivity index (χ1) is 9.58. The number of carbonyl (C=O) groups is 1. The molecule has 0 aliphatic carbocycles. The molecule has 100 valence electrons. The van der Waals surface area contributed by atoms with Gasteiger partial charge >= 0.3 is 0 Å². The number of carbonyl (C=O) groups excluding carboxylic acids is 1. The molecule has 0 atom stereocenters. The summed E-state index contributed by atoms with van der Waals surface area (Å²) in [5, 5.41) is 1.50. The maximum absolute atomic E-state index is 12.6. The van der Waals surface area contributed by atoms with Crippen molar-refractivity contribution in [2.45, 2.75) is 6.92 Å². The Kier molecular flexibility index (Phi) is 3.40. The lowest BCUT2D eigenvalue weighted by Crippen LogP contribution is -2.00. The first kappa shape index (κ1) is 13.4. The van der Waals surface area contributed by atoms with Crippen LogP contribution in [0.1, 0.15) is 21.5 Å². The minimum Gasteiger partial charge on any atom is -0.360 e. The molecule has 0 saturated heterocycles. The molecule has 0 aliphatic rings. The van der Waals surface area contributed by atoms with Crippen molar-refractivity contribution >= 4 is 44.2 Å². The Hall–Kier alpha value is -1.58. The molecule has 1 aromatic heterocycles. The third kappa shape index (κ3) is 2.17. The third-order valence-corrected chi connectivity index (χ3v) is 4.40. The van der Waals surface area contributed by atoms with Crippen LogP contribution >= 0.6 is 27.5 Å². The zero-order chi connectivity index (χ0) is 14.3. The number of fused-ring (bicyclic) bond motifs is 1. The van der Waals surface area contributed by atoms with Crippen LogP contribution in [0.25, 0.3) is 10.9 Å². The van der Waals surface area contributed by atoms with Crippen LogP contribution in [0.4, 0.5) is 0 Å². The van der Waals surface area contributed by atoms with Gasteiger partial charge in [-0.05, 0) is 30.7 Å². The van der Waals surface area contributed by atoms with Crippen LogP contribution in [-0.2, 0) is 0 Å². The number of hydrogen-bond acceptors (Lipinski definition) is 1. The quantitative estimate of drug-likeness (QED) is 0.640. The van der Waals surface area contributed by atoms with E-state index >= 15 is 0 Å². The number of nitrogens with one attached hydrogen (secondary N) is 1. The van der Waals surface area contributed by atoms with Crippen LogP contribution in [0.2, 0.25) is 5.02 Å². The summed E-state index contributed by atoms with van der Waals surface area (Å²) in [6.45, 7) is 1.92. The van der Waals surface area contributed by atoms with Crippen molar-refractivity contribution in [1.82, 2.24) is 4.98 Å². The van der Waals surface area contributed by atoms with Gasteiger partial charge in [0.25, 0.3) is 0 Å². The van der Waals surface area contributed by atoms with Crippen molar-refractivity contribution in [3.63, 3.8) is 0 Å². The van der Waals surface area contributed by atoms with Gasteiger partial charge in [-0.3, -0.25) is 4.79 Å². The minimum absolute atomic E-state index is 0.0370. The van der Waals surface area contributed by atoms with Crippen molar-refractivity contribution < 1.29 is 4.79 Å². The molecule has 1 N–H and O–H groups in total. The lowest BCUT2D eigenvalue weighted by molar-refractivity contribution is 0.104. The zero-order valence-electron chi connectivity index (χ0n) is 10.7. The van der Waals surface area contributed by atoms with Gasteiger partial charge in [-0.2, -0.15) is 0 Å². The fourth-order valence-corrected chi connectivity index (χ4v) is 2.97. The van der Waals surface area contributed by atoms with Gasteiger partial charge in [0.2, 0.25) is 0 Å². The second kappa shape index (κ2) is 5.08. The molecule has 0 bridgehead atoms. The van der Waals surface area contributed by atoms with Crippen molar-refractivity contribution in [2.75, 3.05) is 0 Å². The SMILES string of the molecule is Cc1ccc(C(=O)c2c[nH]c3cccc(Br)c23)cc1Cl. The largest absolute Gasteiger partial charge is 0.360 e. The Labute approximate surface area is 129 Å². The topological polar surface area (TPSA) is 32.9 Å². The molecule has 0 radical (unpaired) electrons. The Balaban J connectivity index is 2.15. The van der Waals surface area contributed by atoms with Gasteiger partial charge in [0.05, 0.1) is 0 Å². The van der Waals surface area contributed by atoms with Gasteiger partial charge < -0.3 is 4.98 Å². The highest BCUT2D eigenvalue weighted by molar-refractivity contribution is 9.10. The number of ketones is 1. The highest BCUT2D eigenvalue weighted by Gasteiger charge is 2.16. The summed E-state index contributed by atoms with van der Waals surface area (Å²) in [7, 11) is 0. The lowest BCUT2D eigenvalue weighted by atomic mass is 10.0. The van der Waals surface area contributed by atoms with E-state index in [1.54, 1.807) is 18.3 Å². The van der Waals surface area contributed by atoms with Crippen LogP contribution < -0.4 is 0 Å². The average molecular weight is 349 g/mol. The predicted octanol–water partition coefficient (Wildman–Crippen LogP) is 5.12. The minimum atomic E-state index is -0.0370. The first-order valence-corrected chi connectivity index (χ1v) is 7.31. The summed E-state index contributed by atoms with van der Waals surface area (Å²) in [6.07, 6.45) is 1.74. The summed E-state index contributed by atoms with van der Waals surface area (Å²) in [6, 6.07) is 11.2. The molecule has 20 heavy (non-hydrogen) atoms. The molecule has 2 nitrogen and oxygen atoms in total. The van der Waals surface area contributed by atoms with E-state index in [1.165, 1.54) is 0 Å². The number of hydrogen-bond donors (Lipinski definition) is 1. The van der Waals surface area contributed by atoms with Crippen molar-refractivity contribution in [3.05, 3.63) is 68.8 Å². The fraction of sp³-hybridized carbons (Fsp3) is 0.0625. The van der Waals surface area contributed by atoms with Gasteiger partial charge in [0.15, 0.2) is 5.78 Å². The summed E-state index contributed by atoms with van der Waals surface area (Å²) in [4.78, 5) is 15.8. The van der Waals surface area contributed by atoms with Crippen LogP contribution in [0.15, 0.2) is 47.1 Å². The van der Waals surface area contributed by atoms with Crippen LogP contribution in [0.3, 0.4) is 0 Å². The average Bonchev–Trinajstić information content (AvgIpc) is 2.86. The highest BCUT2D eigenvalue weighted by Crippen LogP contribution is 2.29. The van der Waals surface area contributed by atoms with E-state index in [2.05, 4.69) is 20.9 Å². The van der Waals surface area contributed by atoms with Crippen LogP contribution in [0, 0.1) is 6.92 Å². The molecular formula is C16H11BrClNO. The predicted molar refractivity (Wildman–Crippen MR) is 85.6 cm³/mol. The second-order valence-corrected chi connectivity index (χ2v) is 5.92. The van der Waals surface area contributed by atoms with E-state index in [1.807, 2.05) is 31.2 Å². The fourth-order valence-electron chi connectivity index (χ4n) is 2.21. The summed E-state index contributed by atoms with van der Waals surface area (Å²) >= 11 is 9.60. The maximum atomic E-state index is 12.6. The van der Waals surface area contributed by atoms with E-state index in [4.69, 9.17) is 11.6 Å². The molecule has 0 saturated carbocycles. The molecule has 3 aromatic rings. The number of benzene rings is 2. The highest BCUT2D eigenvalue weighted by atomic mass is 79.9. The number of H-pyrrole nitrogens is 1. The van der Waals surface area contributed by atoms with Crippen LogP contribution in [0.5, 0.6) is 0 Å². The molecule has 3 rings (SSSR count). The van der Waals surface area contributed by atoms with E-state index in [0.717, 1.165) is 20.9 Å². The van der Waals surface area contributed by atoms with Crippen LogP contribution in [-0.4, -0.2) is 10.8 Å². The summed E-state index contributed by atoms with van der Waals surface area (Å²) in [5.74, 6) is -0.0370. The molecule has 0 aliphatic heterocycles. The van der Waals surface area contributed by atoms with Gasteiger partial charge in [0.1, 0.15) is 0 Å². The van der Waals surface area contributed by atoms with E-state index in [9.17, 15) is 4.79 Å². The number of rotatable bonds is 2. The molecule has 0 fully saturated rings. The second-order valence-electron chi connectivity index (χ2n) is 4.66. The van der Waals surface area contributed by atoms with E-state index in [-0.39, 0.29) is 5.78 Å². The summed E-state index contributed by atoms with van der Waals surface area (Å²) in [5.41, 5.74) is 3.13. The molecule has 0 spiro atoms. The Morgan fingerprint density at radius 2 is 2.05 bits per heavy atom. The standard InChI is InChI=1S/C16H11BrClNO/c1-9-5-6-10(7-13(9)18)16(20)11-8-19-14-4-2-3-12(17)15(11)14/h2-8,19H,1H3. The molecule has 4 heteroatoms. The van der Waals surface area contributed by atoms with E-state index < -0.39 is 0 Å².